The van der Waals surface area contributed by atoms with Gasteiger partial charge in [-0.05, 0) is 98.0 Å². The number of hydrogen-bond donors (Lipinski definition) is 0. The van der Waals surface area contributed by atoms with E-state index in [0.29, 0.717) is 0 Å². The molecule has 13 rings (SSSR count). The van der Waals surface area contributed by atoms with Gasteiger partial charge in [-0.2, -0.15) is 11.3 Å². The monoisotopic (exact) mass is 2250 g/mol. The molecule has 0 fully saturated rings. The molecule has 61 heteroatoms. The van der Waals surface area contributed by atoms with Gasteiger partial charge in [-0.25, -0.2) is 0 Å². The van der Waals surface area contributed by atoms with Crippen LogP contribution in [-0.4, -0.2) is 431 Å². The summed E-state index contributed by atoms with van der Waals surface area (Å²) in [6.45, 7) is 8.44. The van der Waals surface area contributed by atoms with Crippen molar-refractivity contribution in [2.45, 2.75) is 61.0 Å². The Balaban J connectivity index is -0.0000000215. The molecule has 0 atom stereocenters. The summed E-state index contributed by atoms with van der Waals surface area (Å²) in [5, 5.41) is 159. The van der Waals surface area contributed by atoms with Crippen LogP contribution in [0.2, 0.25) is 54.6 Å². The van der Waals surface area contributed by atoms with Gasteiger partial charge in [0.15, 0.2) is 0 Å². The van der Waals surface area contributed by atoms with Crippen molar-refractivity contribution in [3.63, 3.8) is 0 Å². The summed E-state index contributed by atoms with van der Waals surface area (Å²) >= 11 is 1.71. The number of thiophene rings is 1. The van der Waals surface area contributed by atoms with Gasteiger partial charge in [0.1, 0.15) is 5.58 Å². The molecule has 1 aliphatic carbocycles. The van der Waals surface area contributed by atoms with Gasteiger partial charge in [0.2, 0.25) is 0 Å². The summed E-state index contributed by atoms with van der Waals surface area (Å²) in [6, 6.07) is 69.5. The zero-order valence-electron chi connectivity index (χ0n) is 71.4. The number of halogens is 16. The Hall–Kier alpha value is 8.79. The van der Waals surface area contributed by atoms with Crippen LogP contribution in [0.25, 0.3) is 54.1 Å². The topological polar surface area (TPSA) is 421 Å². The predicted molar refractivity (Wildman–Crippen MR) is 453 cm³/mol. The van der Waals surface area contributed by atoms with Gasteiger partial charge in [-0.3, -0.25) is 4.98 Å². The number of para-hydroxylation sites is 1. The van der Waals surface area contributed by atoms with Crippen molar-refractivity contribution in [3.8, 4) is 0 Å². The first-order chi connectivity index (χ1) is 45.2. The molecule has 0 saturated carbocycles. The third kappa shape index (κ3) is 190. The molecule has 0 unspecified atom stereocenters. The summed E-state index contributed by atoms with van der Waals surface area (Å²) < 4.78 is 14.7. The molecule has 5 aromatic heterocycles. The zero-order valence-corrected chi connectivity index (χ0v) is 107. The van der Waals surface area contributed by atoms with Crippen molar-refractivity contribution in [2.75, 3.05) is 0 Å². The molecular formula is C66H73B8Cl16Mg16NO19S. The van der Waals surface area contributed by atoms with Crippen molar-refractivity contribution in [1.82, 2.24) is 4.98 Å². The second-order valence-corrected chi connectivity index (χ2v) is 18.9. The van der Waals surface area contributed by atoms with E-state index in [0.717, 1.165) is 82.7 Å². The Morgan fingerprint density at radius 2 is 0.449 bits per heavy atom. The number of nitrogens with zero attached hydrogens (tertiary/aromatic N) is 1. The molecule has 7 aromatic carbocycles. The Morgan fingerprint density at radius 1 is 0.236 bits per heavy atom. The largest absolute Gasteiger partial charge is 2.00 e. The van der Waals surface area contributed by atoms with Crippen LogP contribution in [0.1, 0.15) is 6.42 Å². The van der Waals surface area contributed by atoms with Crippen LogP contribution in [0.3, 0.4) is 0 Å². The van der Waals surface area contributed by atoms with E-state index in [1.807, 2.05) is 108 Å². The molecule has 12 aromatic rings. The van der Waals surface area contributed by atoms with Gasteiger partial charge in [-0.1, -0.05) is 182 Å². The fraction of sp³-hybridized carbons (Fsp3) is 0.136. The van der Waals surface area contributed by atoms with Crippen molar-refractivity contribution in [1.29, 1.82) is 0 Å². The first kappa shape index (κ1) is 243. The van der Waals surface area contributed by atoms with E-state index in [4.69, 9.17) is 89.2 Å². The molecule has 0 amide bonds. The van der Waals surface area contributed by atoms with E-state index < -0.39 is 56.9 Å². The molecule has 0 saturated heterocycles. The fourth-order valence-electron chi connectivity index (χ4n) is 5.99. The van der Waals surface area contributed by atoms with Gasteiger partial charge >= 0.3 is 369 Å². The second kappa shape index (κ2) is 180. The number of rotatable bonds is 0. The Labute approximate surface area is 1110 Å². The Bertz CT molecular complexity index is 3220. The molecule has 0 bridgehead atoms. The van der Waals surface area contributed by atoms with Crippen LogP contribution in [0.4, 0.5) is 0 Å². The van der Waals surface area contributed by atoms with Gasteiger partial charge in [0.25, 0.3) is 0 Å². The minimum Gasteiger partial charge on any atom is -1.00 e. The third-order valence-electron chi connectivity index (χ3n) is 9.09. The number of aromatic nitrogens is 1. The molecule has 630 valence electrons. The summed E-state index contributed by atoms with van der Waals surface area (Å²) in [4.78, 5) is 3.78. The van der Waals surface area contributed by atoms with Gasteiger partial charge in [-0.15, -0.1) is 112 Å². The maximum atomic E-state index is 8.97. The summed E-state index contributed by atoms with van der Waals surface area (Å²) in [7, 11) is -13.3. The van der Waals surface area contributed by atoms with E-state index in [9.17, 15) is 0 Å². The first-order valence-corrected chi connectivity index (χ1v) is 29.9. The number of hydrogen-bond acceptors (Lipinski definition) is 21. The van der Waals surface area contributed by atoms with Gasteiger partial charge in [0.05, 0.1) is 31.3 Å². The van der Waals surface area contributed by atoms with E-state index in [-0.39, 0.29) is 567 Å². The minimum atomic E-state index is -1.67. The second-order valence-electron chi connectivity index (χ2n) is 18.1. The number of furan rings is 3. The minimum absolute atomic E-state index is 0. The average Bonchev–Trinajstić information content (AvgIpc) is 1.79. The quantitative estimate of drug-likeness (QED) is 0.100. The average molecular weight is 2260 g/mol. The molecule has 0 N–H and O–H groups in total. The standard InChI is InChI=1S/C14H10.C10H8.2C8H6O.C5H5N.C5H6.C4H4O.C4H4S.8CH3BO2.16ClH.16Mg/c1-2-6-12-10-14-8-4-3-7-13(14)9-11(12)5-1;1-2-6-10-8-4-3-7-9(10)5-1;1-2-4-8-6-9-5-7(8)3-1;1-2-4-8-7(3-1)5-6-9-8;1-2-4-6-5-3-1;3*1-2-4-5-3-1;8*1-2(3)4;;;;;;;;;;;;;;;;;;;;;;;;;;;;;;;;/h1-10H;1-8H;2*1-6H;1-5H;1-4H,5H2;2*1-4H;8*1H3;16*1H;;;;;;;;;;;;;;;;/q;;;;;;;;8*-2;;;;;;;;;;;;;;;;;16*+2/p-16. The summed E-state index contributed by atoms with van der Waals surface area (Å²) in [5.41, 5.74) is 0.956. The number of fused-ring (bicyclic) bond motifs is 5. The molecule has 5 heterocycles. The van der Waals surface area contributed by atoms with Crippen molar-refractivity contribution in [3.05, 3.63) is 285 Å². The van der Waals surface area contributed by atoms with Crippen molar-refractivity contribution >= 4 is 491 Å². The van der Waals surface area contributed by atoms with Gasteiger partial charge < -0.3 is 292 Å². The molecule has 127 heavy (non-hydrogen) atoms. The molecule has 0 aliphatic heterocycles. The SMILES string of the molecule is C1=CCC=C1.CB([O-])[O-].CB([O-])[O-].CB([O-])[O-].CB([O-])[O-].CB([O-])[O-].CB([O-])[O-].CB([O-])[O-].CB([O-])[O-].[Cl-].[Cl-].[Cl-].[Cl-].[Cl-].[Cl-].[Cl-].[Cl-].[Cl-].[Cl-].[Cl-].[Cl-].[Cl-].[Cl-].[Cl-].[Cl-].[Mg+2].[Mg+2].[Mg+2].[Mg+2].[Mg+2].[Mg+2].[Mg+2].[Mg+2].[Mg+2].[Mg+2].[Mg+2].[Mg+2].[Mg+2].[Mg+2].[Mg+2].[Mg+2].c1ccc2cc3ccccc3cc2c1.c1ccc2ccccc2c1.c1ccc2cocc2c1.c1ccc2occc2c1.c1ccncc1.c1ccoc1.c1ccsc1. The van der Waals surface area contributed by atoms with Gasteiger partial charge in [0, 0.05) is 28.6 Å². The van der Waals surface area contributed by atoms with E-state index in [1.165, 1.54) is 32.3 Å². The van der Waals surface area contributed by atoms with Crippen LogP contribution in [-0.2, 0) is 0 Å². The van der Waals surface area contributed by atoms with E-state index >= 15 is 0 Å². The number of allylic oxidation sites excluding steroid dienone is 4. The molecule has 1 aliphatic rings. The van der Waals surface area contributed by atoms with Crippen LogP contribution >= 0.6 is 11.3 Å². The maximum absolute atomic E-state index is 8.97. The van der Waals surface area contributed by atoms with Crippen molar-refractivity contribution < 1.29 is 292 Å². The van der Waals surface area contributed by atoms with Crippen LogP contribution in [0.15, 0.2) is 298 Å². The fourth-order valence-corrected chi connectivity index (χ4v) is 6.44. The van der Waals surface area contributed by atoms with Crippen LogP contribution < -0.4 is 279 Å². The Kier molecular flexibility index (Phi) is 344. The van der Waals surface area contributed by atoms with Crippen LogP contribution in [0.5, 0.6) is 0 Å². The van der Waals surface area contributed by atoms with Crippen molar-refractivity contribution in [2.24, 2.45) is 0 Å². The molecular weight excluding hydrogens is 2190 g/mol. The number of pyridine rings is 1. The molecule has 20 nitrogen and oxygen atoms in total. The zero-order chi connectivity index (χ0) is 71.9. The van der Waals surface area contributed by atoms with E-state index in [2.05, 4.69) is 143 Å². The molecule has 0 radical (unpaired) electrons. The molecule has 0 spiro atoms. The summed E-state index contributed by atoms with van der Waals surface area (Å²) in [6.07, 6.45) is 21.4. The third-order valence-corrected chi connectivity index (χ3v) is 9.72. The predicted octanol–water partition coefficient (Wildman–Crippen LogP) is -54.1. The van der Waals surface area contributed by atoms with Crippen LogP contribution in [0, 0.1) is 0 Å². The summed E-state index contributed by atoms with van der Waals surface area (Å²) in [5.74, 6) is 0. The number of benzene rings is 7. The first-order valence-electron chi connectivity index (χ1n) is 29.0. The maximum Gasteiger partial charge on any atom is 2.00 e. The smallest absolute Gasteiger partial charge is 1.00 e. The van der Waals surface area contributed by atoms with E-state index in [1.54, 1.807) is 55.0 Å². The Morgan fingerprint density at radius 3 is 0.614 bits per heavy atom. The normalized spacial score (nSPS) is 6.83.